The van der Waals surface area contributed by atoms with Crippen LogP contribution in [0.2, 0.25) is 0 Å². The summed E-state index contributed by atoms with van der Waals surface area (Å²) >= 11 is 0. The molecule has 2 heteroatoms. The molecule has 1 atom stereocenters. The first-order valence-corrected chi connectivity index (χ1v) is 17.0. The Morgan fingerprint density at radius 2 is 0.980 bits per heavy atom. The van der Waals surface area contributed by atoms with Gasteiger partial charge in [0.2, 0.25) is 0 Å². The second-order valence-electron chi connectivity index (χ2n) is 13.6. The molecule has 1 spiro atoms. The molecule has 0 radical (unpaired) electrons. The average molecular weight is 622 g/mol. The van der Waals surface area contributed by atoms with E-state index in [9.17, 15) is 0 Å². The van der Waals surface area contributed by atoms with Crippen LogP contribution in [0, 0.1) is 0 Å². The van der Waals surface area contributed by atoms with Crippen molar-refractivity contribution in [2.24, 2.45) is 0 Å². The van der Waals surface area contributed by atoms with Crippen LogP contribution in [0.3, 0.4) is 0 Å². The van der Waals surface area contributed by atoms with Crippen molar-refractivity contribution in [3.63, 3.8) is 0 Å². The van der Waals surface area contributed by atoms with Crippen LogP contribution in [0.15, 0.2) is 168 Å². The van der Waals surface area contributed by atoms with E-state index in [1.165, 1.54) is 66.4 Å². The maximum absolute atomic E-state index is 6.45. The maximum atomic E-state index is 6.45. The van der Waals surface area contributed by atoms with Crippen LogP contribution in [0.25, 0.3) is 66.1 Å². The highest BCUT2D eigenvalue weighted by Gasteiger charge is 2.57. The second-order valence-corrected chi connectivity index (χ2v) is 13.6. The Bertz CT molecular complexity index is 2870. The fraction of sp³-hybridized carbons (Fsp3) is 0.0213. The molecule has 1 heterocycles. The molecule has 0 N–H and O–H groups in total. The lowest BCUT2D eigenvalue weighted by Crippen LogP contribution is -2.23. The summed E-state index contributed by atoms with van der Waals surface area (Å²) in [4.78, 5) is 2.47. The standard InChI is InChI=1S/C47H27NO/c1-2-13-30-28(11-1)12-7-21-40(30)48(41-22-10-24-43-44(41)37-15-4-6-23-42(37)49-43)29-25-26-32-34-17-9-19-36-35-18-8-16-33-31-14-3-5-20-38(31)47(45(33)35,46(34)36)39(32)27-29/h1-27H. The number of rotatable bonds is 3. The van der Waals surface area contributed by atoms with Crippen molar-refractivity contribution in [1.82, 2.24) is 0 Å². The Hall–Kier alpha value is -6.38. The molecular formula is C47H27NO. The number of para-hydroxylation sites is 1. The predicted octanol–water partition coefficient (Wildman–Crippen LogP) is 12.5. The summed E-state index contributed by atoms with van der Waals surface area (Å²) in [5.74, 6) is 0. The van der Waals surface area contributed by atoms with Crippen LogP contribution in [0.1, 0.15) is 22.3 Å². The number of benzene rings is 8. The van der Waals surface area contributed by atoms with Crippen molar-refractivity contribution in [1.29, 1.82) is 0 Å². The zero-order valence-electron chi connectivity index (χ0n) is 26.4. The highest BCUT2D eigenvalue weighted by Crippen LogP contribution is 2.70. The van der Waals surface area contributed by atoms with Gasteiger partial charge in [0.25, 0.3) is 0 Å². The molecule has 0 bridgehead atoms. The van der Waals surface area contributed by atoms with Gasteiger partial charge in [0.1, 0.15) is 11.2 Å². The van der Waals surface area contributed by atoms with Crippen molar-refractivity contribution in [2.75, 3.05) is 4.90 Å². The number of furan rings is 1. The number of hydrogen-bond donors (Lipinski definition) is 0. The molecule has 1 aromatic heterocycles. The molecule has 0 saturated carbocycles. The van der Waals surface area contributed by atoms with Crippen molar-refractivity contribution < 1.29 is 4.42 Å². The topological polar surface area (TPSA) is 16.4 Å². The summed E-state index contributed by atoms with van der Waals surface area (Å²) in [6.07, 6.45) is 0. The van der Waals surface area contributed by atoms with Crippen molar-refractivity contribution >= 4 is 49.8 Å². The van der Waals surface area contributed by atoms with Crippen LogP contribution >= 0.6 is 0 Å². The third kappa shape index (κ3) is 3.00. The van der Waals surface area contributed by atoms with Gasteiger partial charge in [0.05, 0.1) is 22.2 Å². The molecule has 49 heavy (non-hydrogen) atoms. The van der Waals surface area contributed by atoms with E-state index in [4.69, 9.17) is 4.42 Å². The molecule has 2 nitrogen and oxygen atoms in total. The molecule has 9 aromatic rings. The summed E-state index contributed by atoms with van der Waals surface area (Å²) in [5.41, 5.74) is 18.5. The molecule has 3 aliphatic rings. The van der Waals surface area contributed by atoms with Crippen LogP contribution < -0.4 is 4.90 Å². The quantitative estimate of drug-likeness (QED) is 0.195. The number of anilines is 3. The molecular weight excluding hydrogens is 595 g/mol. The minimum absolute atomic E-state index is 0.349. The number of fused-ring (bicyclic) bond motifs is 9. The van der Waals surface area contributed by atoms with Gasteiger partial charge in [0.15, 0.2) is 0 Å². The Balaban J connectivity index is 1.21. The lowest BCUT2D eigenvalue weighted by atomic mass is 9.73. The molecule has 0 saturated heterocycles. The van der Waals surface area contributed by atoms with E-state index in [1.807, 2.05) is 6.07 Å². The van der Waals surface area contributed by atoms with Gasteiger partial charge < -0.3 is 9.32 Å². The van der Waals surface area contributed by atoms with Gasteiger partial charge in [-0.15, -0.1) is 0 Å². The second kappa shape index (κ2) is 8.94. The van der Waals surface area contributed by atoms with Crippen LogP contribution in [0.5, 0.6) is 0 Å². The Kier molecular flexibility index (Phi) is 4.69. The third-order valence-corrected chi connectivity index (χ3v) is 11.4. The smallest absolute Gasteiger partial charge is 0.137 e. The van der Waals surface area contributed by atoms with E-state index < -0.39 is 0 Å². The minimum atomic E-state index is -0.349. The number of hydrogen-bond acceptors (Lipinski definition) is 2. The summed E-state index contributed by atoms with van der Waals surface area (Å²) in [7, 11) is 0. The van der Waals surface area contributed by atoms with E-state index in [0.717, 1.165) is 39.0 Å². The molecule has 8 aromatic carbocycles. The van der Waals surface area contributed by atoms with Crippen molar-refractivity contribution in [3.8, 4) is 33.4 Å². The summed E-state index contributed by atoms with van der Waals surface area (Å²) < 4.78 is 6.45. The van der Waals surface area contributed by atoms with Crippen LogP contribution in [-0.2, 0) is 5.41 Å². The van der Waals surface area contributed by atoms with Crippen LogP contribution in [-0.4, -0.2) is 0 Å². The van der Waals surface area contributed by atoms with Gasteiger partial charge >= 0.3 is 0 Å². The predicted molar refractivity (Wildman–Crippen MR) is 201 cm³/mol. The Morgan fingerprint density at radius 3 is 1.82 bits per heavy atom. The average Bonchev–Trinajstić information content (AvgIpc) is 3.87. The first-order chi connectivity index (χ1) is 24.3. The molecule has 0 aliphatic heterocycles. The van der Waals surface area contributed by atoms with Gasteiger partial charge in [-0.2, -0.15) is 0 Å². The maximum Gasteiger partial charge on any atom is 0.137 e. The van der Waals surface area contributed by atoms with E-state index in [0.29, 0.717) is 0 Å². The molecule has 0 amide bonds. The number of nitrogens with zero attached hydrogens (tertiary/aromatic N) is 1. The normalized spacial score (nSPS) is 15.8. The summed E-state index contributed by atoms with van der Waals surface area (Å²) in [6.45, 7) is 0. The fourth-order valence-electron chi connectivity index (χ4n) is 9.63. The lowest BCUT2D eigenvalue weighted by molar-refractivity contribution is 0.669. The molecule has 12 rings (SSSR count). The highest BCUT2D eigenvalue weighted by atomic mass is 16.3. The zero-order valence-corrected chi connectivity index (χ0v) is 26.4. The van der Waals surface area contributed by atoms with Gasteiger partial charge in [-0.05, 0) is 97.4 Å². The van der Waals surface area contributed by atoms with Crippen molar-refractivity contribution in [3.05, 3.63) is 186 Å². The van der Waals surface area contributed by atoms with E-state index in [1.54, 1.807) is 0 Å². The summed E-state index contributed by atoms with van der Waals surface area (Å²) in [5, 5.41) is 4.66. The van der Waals surface area contributed by atoms with Gasteiger partial charge in [-0.1, -0.05) is 127 Å². The molecule has 3 aliphatic carbocycles. The first kappa shape index (κ1) is 25.7. The molecule has 1 unspecified atom stereocenters. The minimum Gasteiger partial charge on any atom is -0.456 e. The van der Waals surface area contributed by atoms with Crippen LogP contribution in [0.4, 0.5) is 17.1 Å². The van der Waals surface area contributed by atoms with Crippen molar-refractivity contribution in [2.45, 2.75) is 5.41 Å². The largest absolute Gasteiger partial charge is 0.456 e. The van der Waals surface area contributed by atoms with E-state index >= 15 is 0 Å². The highest BCUT2D eigenvalue weighted by molar-refractivity contribution is 6.15. The monoisotopic (exact) mass is 621 g/mol. The Morgan fingerprint density at radius 1 is 0.408 bits per heavy atom. The first-order valence-electron chi connectivity index (χ1n) is 17.0. The molecule has 0 fully saturated rings. The van der Waals surface area contributed by atoms with E-state index in [-0.39, 0.29) is 5.41 Å². The van der Waals surface area contributed by atoms with Gasteiger partial charge in [-0.25, -0.2) is 0 Å². The third-order valence-electron chi connectivity index (χ3n) is 11.4. The van der Waals surface area contributed by atoms with E-state index in [2.05, 4.69) is 163 Å². The molecule has 226 valence electrons. The summed E-state index contributed by atoms with van der Waals surface area (Å²) in [6, 6.07) is 60.3. The van der Waals surface area contributed by atoms with Gasteiger partial charge in [-0.3, -0.25) is 0 Å². The Labute approximate surface area is 283 Å². The SMILES string of the molecule is c1ccc2c(c1)-c1cccc3c1C21c2cc(N(c4cccc5ccccc45)c4cccc5oc6ccccc6c45)ccc2-c2cccc-3c21. The fourth-order valence-corrected chi connectivity index (χ4v) is 9.63. The van der Waals surface area contributed by atoms with Gasteiger partial charge in [0, 0.05) is 16.5 Å². The zero-order chi connectivity index (χ0) is 31.8. The lowest BCUT2D eigenvalue weighted by Gasteiger charge is -2.31.